The van der Waals surface area contributed by atoms with Gasteiger partial charge in [-0.15, -0.1) is 0 Å². The van der Waals surface area contributed by atoms with Crippen LogP contribution in [0.3, 0.4) is 0 Å². The first-order valence-electron chi connectivity index (χ1n) is 13.1. The van der Waals surface area contributed by atoms with Crippen LogP contribution in [-0.4, -0.2) is 33.9 Å². The van der Waals surface area contributed by atoms with E-state index >= 15 is 0 Å². The minimum Gasteiger partial charge on any atom is -0.494 e. The highest BCUT2D eigenvalue weighted by Crippen LogP contribution is 2.37. The van der Waals surface area contributed by atoms with Crippen molar-refractivity contribution in [2.45, 2.75) is 18.9 Å². The van der Waals surface area contributed by atoms with E-state index < -0.39 is 0 Å². The zero-order chi connectivity index (χ0) is 25.3. The summed E-state index contributed by atoms with van der Waals surface area (Å²) in [5.74, 6) is 0.895. The van der Waals surface area contributed by atoms with Crippen molar-refractivity contribution in [2.24, 2.45) is 0 Å². The minimum atomic E-state index is 0.453. The summed E-state index contributed by atoms with van der Waals surface area (Å²) in [6.45, 7) is 1.62. The zero-order valence-corrected chi connectivity index (χ0v) is 21.0. The third-order valence-corrected chi connectivity index (χ3v) is 7.23. The fourth-order valence-electron chi connectivity index (χ4n) is 5.18. The second-order valence-corrected chi connectivity index (χ2v) is 9.71. The van der Waals surface area contributed by atoms with Crippen LogP contribution in [0.25, 0.3) is 49.7 Å². The number of aromatic nitrogens is 3. The molecule has 38 heavy (non-hydrogen) atoms. The van der Waals surface area contributed by atoms with Crippen LogP contribution in [0.1, 0.15) is 12.8 Å². The van der Waals surface area contributed by atoms with Gasteiger partial charge in [0, 0.05) is 41.2 Å². The van der Waals surface area contributed by atoms with Gasteiger partial charge in [0.15, 0.2) is 0 Å². The Morgan fingerprint density at radius 3 is 1.76 bits per heavy atom. The van der Waals surface area contributed by atoms with Gasteiger partial charge in [-0.3, -0.25) is 9.97 Å². The lowest BCUT2D eigenvalue weighted by Crippen LogP contribution is -2.00. The van der Waals surface area contributed by atoms with Crippen LogP contribution in [0.2, 0.25) is 0 Å². The molecule has 3 aromatic heterocycles. The van der Waals surface area contributed by atoms with Crippen molar-refractivity contribution in [3.63, 3.8) is 0 Å². The van der Waals surface area contributed by atoms with Gasteiger partial charge in [-0.25, -0.2) is 0 Å². The summed E-state index contributed by atoms with van der Waals surface area (Å²) >= 11 is 0. The molecular formula is C33H27N3O2. The second-order valence-electron chi connectivity index (χ2n) is 9.71. The molecule has 0 N–H and O–H groups in total. The molecule has 186 valence electrons. The maximum absolute atomic E-state index is 5.99. The van der Waals surface area contributed by atoms with Gasteiger partial charge in [-0.05, 0) is 108 Å². The van der Waals surface area contributed by atoms with Gasteiger partial charge in [-0.1, -0.05) is 12.1 Å². The normalized spacial score (nSPS) is 14.7. The zero-order valence-electron chi connectivity index (χ0n) is 21.0. The highest BCUT2D eigenvalue weighted by Gasteiger charge is 2.21. The summed E-state index contributed by atoms with van der Waals surface area (Å²) < 4.78 is 13.6. The summed E-state index contributed by atoms with van der Waals surface area (Å²) in [4.78, 5) is 8.38. The van der Waals surface area contributed by atoms with Gasteiger partial charge in [0.25, 0.3) is 0 Å². The Labute approximate surface area is 221 Å². The molecule has 1 aliphatic rings. The Morgan fingerprint density at radius 1 is 0.684 bits per heavy atom. The van der Waals surface area contributed by atoms with Gasteiger partial charge in [0.05, 0.1) is 30.4 Å². The van der Waals surface area contributed by atoms with Gasteiger partial charge in [0.1, 0.15) is 5.75 Å². The average Bonchev–Trinajstić information content (AvgIpc) is 3.76. The van der Waals surface area contributed by atoms with E-state index in [1.54, 1.807) is 0 Å². The van der Waals surface area contributed by atoms with E-state index in [2.05, 4.69) is 99.5 Å². The number of benzene rings is 3. The molecule has 0 radical (unpaired) electrons. The SMILES string of the molecule is c1cc(-c2ccc3c(c2)c2cc(-c4ccncc4)ccc2n3-c2ccc(OCCCC3CO3)cc2)ccn1. The highest BCUT2D eigenvalue weighted by molar-refractivity contribution is 6.11. The third-order valence-electron chi connectivity index (χ3n) is 7.23. The van der Waals surface area contributed by atoms with E-state index in [1.807, 2.05) is 24.8 Å². The van der Waals surface area contributed by atoms with Crippen LogP contribution in [0, 0.1) is 0 Å². The number of hydrogen-bond donors (Lipinski definition) is 0. The first-order valence-corrected chi connectivity index (χ1v) is 13.1. The summed E-state index contributed by atoms with van der Waals surface area (Å²) in [6, 6.07) is 30.1. The molecule has 1 fully saturated rings. The molecule has 6 aromatic rings. The Kier molecular flexibility index (Phi) is 5.83. The average molecular weight is 498 g/mol. The van der Waals surface area contributed by atoms with Crippen molar-refractivity contribution in [1.82, 2.24) is 14.5 Å². The lowest BCUT2D eigenvalue weighted by atomic mass is 10.0. The lowest BCUT2D eigenvalue weighted by Gasteiger charge is -2.11. The van der Waals surface area contributed by atoms with E-state index in [0.29, 0.717) is 12.7 Å². The summed E-state index contributed by atoms with van der Waals surface area (Å²) in [5.41, 5.74) is 8.11. The quantitative estimate of drug-likeness (QED) is 0.162. The van der Waals surface area contributed by atoms with Gasteiger partial charge in [-0.2, -0.15) is 0 Å². The fourth-order valence-corrected chi connectivity index (χ4v) is 5.18. The van der Waals surface area contributed by atoms with Crippen molar-refractivity contribution >= 4 is 21.8 Å². The van der Waals surface area contributed by atoms with Crippen LogP contribution in [0.4, 0.5) is 0 Å². The maximum atomic E-state index is 5.99. The summed E-state index contributed by atoms with van der Waals surface area (Å²) in [7, 11) is 0. The van der Waals surface area contributed by atoms with Crippen molar-refractivity contribution < 1.29 is 9.47 Å². The number of nitrogens with zero attached hydrogens (tertiary/aromatic N) is 3. The maximum Gasteiger partial charge on any atom is 0.119 e. The summed E-state index contributed by atoms with van der Waals surface area (Å²) in [6.07, 6.45) is 9.90. The largest absolute Gasteiger partial charge is 0.494 e. The molecule has 7 rings (SSSR count). The van der Waals surface area contributed by atoms with Gasteiger partial charge >= 0.3 is 0 Å². The number of epoxide rings is 1. The number of hydrogen-bond acceptors (Lipinski definition) is 4. The van der Waals surface area contributed by atoms with Crippen molar-refractivity contribution in [3.05, 3.63) is 110 Å². The molecule has 1 atom stereocenters. The molecule has 0 amide bonds. The predicted octanol–water partition coefficient (Wildman–Crippen LogP) is 7.47. The van der Waals surface area contributed by atoms with E-state index in [0.717, 1.165) is 42.0 Å². The molecule has 0 aliphatic carbocycles. The lowest BCUT2D eigenvalue weighted by molar-refractivity contribution is 0.294. The molecule has 3 aromatic carbocycles. The minimum absolute atomic E-state index is 0.453. The van der Waals surface area contributed by atoms with E-state index in [4.69, 9.17) is 9.47 Å². The molecule has 0 saturated carbocycles. The molecule has 1 unspecified atom stereocenters. The molecule has 1 aliphatic heterocycles. The van der Waals surface area contributed by atoms with Crippen LogP contribution in [-0.2, 0) is 4.74 Å². The topological polar surface area (TPSA) is 52.5 Å². The number of pyridine rings is 2. The number of rotatable bonds is 8. The molecule has 4 heterocycles. The van der Waals surface area contributed by atoms with Crippen LogP contribution < -0.4 is 4.74 Å². The van der Waals surface area contributed by atoms with Gasteiger partial charge in [0.2, 0.25) is 0 Å². The fraction of sp³-hybridized carbons (Fsp3) is 0.152. The Bertz CT molecular complexity index is 1610. The number of ether oxygens (including phenoxy) is 2. The summed E-state index contributed by atoms with van der Waals surface area (Å²) in [5, 5.41) is 2.43. The van der Waals surface area contributed by atoms with E-state index in [9.17, 15) is 0 Å². The highest BCUT2D eigenvalue weighted by atomic mass is 16.6. The van der Waals surface area contributed by atoms with Gasteiger partial charge < -0.3 is 14.0 Å². The van der Waals surface area contributed by atoms with Crippen LogP contribution >= 0.6 is 0 Å². The van der Waals surface area contributed by atoms with Crippen LogP contribution in [0.5, 0.6) is 5.75 Å². The first-order chi connectivity index (χ1) is 18.8. The monoisotopic (exact) mass is 497 g/mol. The van der Waals surface area contributed by atoms with E-state index in [1.165, 1.54) is 32.9 Å². The third kappa shape index (κ3) is 4.42. The van der Waals surface area contributed by atoms with Crippen molar-refractivity contribution in [1.29, 1.82) is 0 Å². The van der Waals surface area contributed by atoms with E-state index in [-0.39, 0.29) is 0 Å². The smallest absolute Gasteiger partial charge is 0.119 e. The predicted molar refractivity (Wildman–Crippen MR) is 152 cm³/mol. The van der Waals surface area contributed by atoms with Crippen molar-refractivity contribution in [3.8, 4) is 33.7 Å². The Morgan fingerprint density at radius 2 is 1.24 bits per heavy atom. The number of fused-ring (bicyclic) bond motifs is 3. The second kappa shape index (κ2) is 9.77. The molecule has 0 spiro atoms. The molecule has 0 bridgehead atoms. The Hall–Kier alpha value is -4.48. The molecule has 5 heteroatoms. The van der Waals surface area contributed by atoms with Crippen LogP contribution in [0.15, 0.2) is 110 Å². The van der Waals surface area contributed by atoms with Crippen molar-refractivity contribution in [2.75, 3.05) is 13.2 Å². The Balaban J connectivity index is 1.31. The first kappa shape index (κ1) is 22.7. The standard InChI is InChI=1S/C33H27N3O2/c1(2-29-22-38-29)19-37-28-7-5-27(6-8-28)36-32-9-3-25(23-11-15-34-16-12-23)20-30(32)31-21-26(4-10-33(31)36)24-13-17-35-18-14-24/h3-18,20-21,29H,1-2,19,22H2. The molecule has 5 nitrogen and oxygen atoms in total. The molecular weight excluding hydrogens is 470 g/mol. The molecule has 1 saturated heterocycles.